The first-order chi connectivity index (χ1) is 10.3. The molecule has 0 aliphatic carbocycles. The Hall–Kier alpha value is -1.97. The van der Waals surface area contributed by atoms with Crippen LogP contribution >= 0.6 is 11.6 Å². The van der Waals surface area contributed by atoms with E-state index in [1.165, 1.54) is 11.1 Å². The number of hydrogen-bond donors (Lipinski definition) is 1. The first kappa shape index (κ1) is 14.0. The number of nitrogens with one attached hydrogen (secondary N) is 1. The van der Waals surface area contributed by atoms with E-state index in [9.17, 15) is 0 Å². The van der Waals surface area contributed by atoms with Gasteiger partial charge in [-0.15, -0.1) is 0 Å². The van der Waals surface area contributed by atoms with Gasteiger partial charge in [0.2, 0.25) is 0 Å². The Kier molecular flexibility index (Phi) is 4.13. The molecule has 0 bridgehead atoms. The van der Waals surface area contributed by atoms with Crippen molar-refractivity contribution >= 4 is 22.5 Å². The molecule has 0 aliphatic rings. The minimum atomic E-state index is 0.741. The van der Waals surface area contributed by atoms with Crippen LogP contribution in [0.15, 0.2) is 48.9 Å². The highest BCUT2D eigenvalue weighted by Crippen LogP contribution is 2.24. The lowest BCUT2D eigenvalue weighted by Crippen LogP contribution is -2.14. The van der Waals surface area contributed by atoms with Gasteiger partial charge in [0.25, 0.3) is 0 Å². The Bertz CT molecular complexity index is 771. The lowest BCUT2D eigenvalue weighted by Gasteiger charge is -2.10. The molecule has 0 aliphatic heterocycles. The minimum Gasteiger partial charge on any atom is -0.308 e. The molecule has 1 aromatic carbocycles. The molecule has 1 N–H and O–H groups in total. The average Bonchev–Trinajstić information content (AvgIpc) is 2.52. The molecule has 3 rings (SSSR count). The molecule has 0 saturated carbocycles. The van der Waals surface area contributed by atoms with E-state index >= 15 is 0 Å². The van der Waals surface area contributed by atoms with Crippen LogP contribution in [0.1, 0.15) is 16.7 Å². The van der Waals surface area contributed by atoms with E-state index in [0.29, 0.717) is 0 Å². The Morgan fingerprint density at radius 3 is 2.76 bits per heavy atom. The summed E-state index contributed by atoms with van der Waals surface area (Å²) in [7, 11) is 0. The monoisotopic (exact) mass is 297 g/mol. The zero-order valence-corrected chi connectivity index (χ0v) is 12.6. The lowest BCUT2D eigenvalue weighted by molar-refractivity contribution is 0.691. The quantitative estimate of drug-likeness (QED) is 0.794. The number of rotatable bonds is 4. The zero-order chi connectivity index (χ0) is 14.7. The standard InChI is InChI=1S/C17H16ClN3/c1-12-6-8-19-10-14(12)11-20-9-13-4-5-16(18)15-3-2-7-21-17(13)15/h2-8,10,20H,9,11H2,1H3. The molecular formula is C17H16ClN3. The fourth-order valence-corrected chi connectivity index (χ4v) is 2.57. The van der Waals surface area contributed by atoms with Crippen LogP contribution in [0.3, 0.4) is 0 Å². The molecule has 0 amide bonds. The van der Waals surface area contributed by atoms with E-state index in [0.717, 1.165) is 34.6 Å². The molecule has 0 atom stereocenters. The molecule has 21 heavy (non-hydrogen) atoms. The molecule has 2 heterocycles. The van der Waals surface area contributed by atoms with Crippen molar-refractivity contribution in [3.63, 3.8) is 0 Å². The van der Waals surface area contributed by atoms with Crippen LogP contribution < -0.4 is 5.32 Å². The third-order valence-electron chi connectivity index (χ3n) is 3.58. The molecule has 0 fully saturated rings. The highest BCUT2D eigenvalue weighted by atomic mass is 35.5. The molecule has 0 radical (unpaired) electrons. The molecular weight excluding hydrogens is 282 g/mol. The van der Waals surface area contributed by atoms with Gasteiger partial charge in [0.1, 0.15) is 0 Å². The van der Waals surface area contributed by atoms with Crippen LogP contribution in [0.5, 0.6) is 0 Å². The fraction of sp³-hybridized carbons (Fsp3) is 0.176. The molecule has 4 heteroatoms. The number of hydrogen-bond acceptors (Lipinski definition) is 3. The van der Waals surface area contributed by atoms with Gasteiger partial charge >= 0.3 is 0 Å². The molecule has 3 aromatic rings. The predicted molar refractivity (Wildman–Crippen MR) is 86.3 cm³/mol. The third-order valence-corrected chi connectivity index (χ3v) is 3.91. The number of aromatic nitrogens is 2. The van der Waals surface area contributed by atoms with Crippen molar-refractivity contribution in [3.8, 4) is 0 Å². The second-order valence-electron chi connectivity index (χ2n) is 5.01. The van der Waals surface area contributed by atoms with E-state index in [-0.39, 0.29) is 0 Å². The van der Waals surface area contributed by atoms with Gasteiger partial charge in [-0.25, -0.2) is 0 Å². The van der Waals surface area contributed by atoms with Gasteiger partial charge in [-0.1, -0.05) is 17.7 Å². The van der Waals surface area contributed by atoms with Crippen molar-refractivity contribution in [1.82, 2.24) is 15.3 Å². The summed E-state index contributed by atoms with van der Waals surface area (Å²) in [5.74, 6) is 0. The lowest BCUT2D eigenvalue weighted by atomic mass is 10.1. The summed E-state index contributed by atoms with van der Waals surface area (Å²) in [6.45, 7) is 3.63. The molecule has 0 spiro atoms. The van der Waals surface area contributed by atoms with Crippen molar-refractivity contribution < 1.29 is 0 Å². The summed E-state index contributed by atoms with van der Waals surface area (Å²) in [6.07, 6.45) is 5.52. The number of halogens is 1. The van der Waals surface area contributed by atoms with Crippen LogP contribution in [0.4, 0.5) is 0 Å². The summed E-state index contributed by atoms with van der Waals surface area (Å²) < 4.78 is 0. The van der Waals surface area contributed by atoms with Crippen LogP contribution in [0.2, 0.25) is 5.02 Å². The Morgan fingerprint density at radius 2 is 1.90 bits per heavy atom. The highest BCUT2D eigenvalue weighted by Gasteiger charge is 2.05. The van der Waals surface area contributed by atoms with E-state index in [1.807, 2.05) is 42.7 Å². The van der Waals surface area contributed by atoms with E-state index < -0.39 is 0 Å². The van der Waals surface area contributed by atoms with Gasteiger partial charge in [0.05, 0.1) is 5.52 Å². The molecule has 2 aromatic heterocycles. The summed E-state index contributed by atoms with van der Waals surface area (Å²) in [6, 6.07) is 9.89. The first-order valence-electron chi connectivity index (χ1n) is 6.88. The number of aryl methyl sites for hydroxylation is 1. The van der Waals surface area contributed by atoms with Gasteiger partial charge in [0, 0.05) is 42.1 Å². The molecule has 106 valence electrons. The Balaban J connectivity index is 1.77. The van der Waals surface area contributed by atoms with Crippen molar-refractivity contribution in [1.29, 1.82) is 0 Å². The maximum atomic E-state index is 6.21. The predicted octanol–water partition coefficient (Wildman–Crippen LogP) is 3.88. The SMILES string of the molecule is Cc1ccncc1CNCc1ccc(Cl)c2cccnc12. The maximum absolute atomic E-state index is 6.21. The van der Waals surface area contributed by atoms with E-state index in [2.05, 4.69) is 22.2 Å². The second kappa shape index (κ2) is 6.20. The van der Waals surface area contributed by atoms with Crippen molar-refractivity contribution in [3.05, 3.63) is 70.6 Å². The summed E-state index contributed by atoms with van der Waals surface area (Å²) in [4.78, 5) is 8.61. The minimum absolute atomic E-state index is 0.741. The zero-order valence-electron chi connectivity index (χ0n) is 11.8. The normalized spacial score (nSPS) is 11.0. The summed E-state index contributed by atoms with van der Waals surface area (Å²) in [5, 5.41) is 5.18. The Morgan fingerprint density at radius 1 is 1.05 bits per heavy atom. The Labute approximate surface area is 129 Å². The van der Waals surface area contributed by atoms with Crippen LogP contribution in [-0.4, -0.2) is 9.97 Å². The number of nitrogens with zero attached hydrogens (tertiary/aromatic N) is 2. The number of benzene rings is 1. The smallest absolute Gasteiger partial charge is 0.0761 e. The highest BCUT2D eigenvalue weighted by molar-refractivity contribution is 6.35. The van der Waals surface area contributed by atoms with Gasteiger partial charge in [0.15, 0.2) is 0 Å². The van der Waals surface area contributed by atoms with Crippen LogP contribution in [0, 0.1) is 6.92 Å². The largest absolute Gasteiger partial charge is 0.308 e. The number of pyridine rings is 2. The maximum Gasteiger partial charge on any atom is 0.0761 e. The fourth-order valence-electron chi connectivity index (χ4n) is 2.35. The molecule has 0 unspecified atom stereocenters. The van der Waals surface area contributed by atoms with Gasteiger partial charge in [-0.05, 0) is 47.9 Å². The second-order valence-corrected chi connectivity index (χ2v) is 5.42. The van der Waals surface area contributed by atoms with Gasteiger partial charge in [-0.2, -0.15) is 0 Å². The van der Waals surface area contributed by atoms with Crippen LogP contribution in [0.25, 0.3) is 10.9 Å². The number of fused-ring (bicyclic) bond motifs is 1. The topological polar surface area (TPSA) is 37.8 Å². The van der Waals surface area contributed by atoms with Crippen molar-refractivity contribution in [2.45, 2.75) is 20.0 Å². The van der Waals surface area contributed by atoms with E-state index in [4.69, 9.17) is 11.6 Å². The van der Waals surface area contributed by atoms with E-state index in [1.54, 1.807) is 6.20 Å². The van der Waals surface area contributed by atoms with Gasteiger partial charge < -0.3 is 5.32 Å². The summed E-state index contributed by atoms with van der Waals surface area (Å²) >= 11 is 6.21. The molecule has 0 saturated heterocycles. The van der Waals surface area contributed by atoms with Gasteiger partial charge in [-0.3, -0.25) is 9.97 Å². The molecule has 3 nitrogen and oxygen atoms in total. The van der Waals surface area contributed by atoms with Crippen molar-refractivity contribution in [2.24, 2.45) is 0 Å². The van der Waals surface area contributed by atoms with Crippen molar-refractivity contribution in [2.75, 3.05) is 0 Å². The van der Waals surface area contributed by atoms with Crippen LogP contribution in [-0.2, 0) is 13.1 Å². The summed E-state index contributed by atoms with van der Waals surface area (Å²) in [5.41, 5.74) is 4.57. The third kappa shape index (κ3) is 3.04. The first-order valence-corrected chi connectivity index (χ1v) is 7.26. The average molecular weight is 298 g/mol.